The molecule has 1 N–H and O–H groups in total. The number of carbonyl (C=O) groups excluding carboxylic acids is 1. The highest BCUT2D eigenvalue weighted by atomic mass is 32.1. The monoisotopic (exact) mass is 348 g/mol. The standard InChI is InChI=1S/C19H16N4OS/c1-11-12(2)22-23-17(11)16(24)9-13-8-15-19(20-10-13)25-18(21-15)14-6-4-3-5-7-14/h3-8,10H,9H2,1-2H3,(H,22,23). The van der Waals surface area contributed by atoms with Crippen molar-refractivity contribution < 1.29 is 4.79 Å². The van der Waals surface area contributed by atoms with E-state index >= 15 is 0 Å². The van der Waals surface area contributed by atoms with Crippen molar-refractivity contribution in [1.29, 1.82) is 0 Å². The van der Waals surface area contributed by atoms with Gasteiger partial charge in [0.15, 0.2) is 5.78 Å². The van der Waals surface area contributed by atoms with Gasteiger partial charge in [-0.2, -0.15) is 5.10 Å². The van der Waals surface area contributed by atoms with Crippen LogP contribution in [0.25, 0.3) is 20.9 Å². The summed E-state index contributed by atoms with van der Waals surface area (Å²) < 4.78 is 0. The van der Waals surface area contributed by atoms with E-state index in [2.05, 4.69) is 20.2 Å². The number of nitrogens with zero attached hydrogens (tertiary/aromatic N) is 3. The summed E-state index contributed by atoms with van der Waals surface area (Å²) in [5.41, 5.74) is 5.07. The Labute approximate surface area is 148 Å². The van der Waals surface area contributed by atoms with Gasteiger partial charge < -0.3 is 0 Å². The lowest BCUT2D eigenvalue weighted by Gasteiger charge is -1.99. The maximum atomic E-state index is 12.5. The summed E-state index contributed by atoms with van der Waals surface area (Å²) in [6, 6.07) is 12.0. The number of hydrogen-bond donors (Lipinski definition) is 1. The zero-order valence-corrected chi connectivity index (χ0v) is 14.7. The van der Waals surface area contributed by atoms with E-state index in [0.29, 0.717) is 5.69 Å². The van der Waals surface area contributed by atoms with Crippen LogP contribution in [0.4, 0.5) is 0 Å². The summed E-state index contributed by atoms with van der Waals surface area (Å²) in [6.07, 6.45) is 2.02. The van der Waals surface area contributed by atoms with Crippen LogP contribution in [-0.4, -0.2) is 25.9 Å². The number of aromatic amines is 1. The van der Waals surface area contributed by atoms with Gasteiger partial charge >= 0.3 is 0 Å². The first kappa shape index (κ1) is 15.7. The molecule has 0 atom stereocenters. The molecular formula is C19H16N4OS. The molecule has 0 aliphatic rings. The molecule has 25 heavy (non-hydrogen) atoms. The van der Waals surface area contributed by atoms with Crippen molar-refractivity contribution in [3.05, 3.63) is 65.1 Å². The van der Waals surface area contributed by atoms with Crippen molar-refractivity contribution in [3.8, 4) is 10.6 Å². The van der Waals surface area contributed by atoms with Crippen LogP contribution in [0, 0.1) is 13.8 Å². The first-order valence-electron chi connectivity index (χ1n) is 7.97. The molecule has 0 amide bonds. The van der Waals surface area contributed by atoms with Gasteiger partial charge in [-0.05, 0) is 25.5 Å². The number of hydrogen-bond acceptors (Lipinski definition) is 5. The van der Waals surface area contributed by atoms with Gasteiger partial charge in [-0.3, -0.25) is 9.89 Å². The zero-order chi connectivity index (χ0) is 17.4. The first-order valence-corrected chi connectivity index (χ1v) is 8.79. The van der Waals surface area contributed by atoms with Gasteiger partial charge in [0.1, 0.15) is 21.0 Å². The number of aryl methyl sites for hydroxylation is 1. The summed E-state index contributed by atoms with van der Waals surface area (Å²) in [6.45, 7) is 3.81. The zero-order valence-electron chi connectivity index (χ0n) is 13.9. The molecule has 1 aromatic carbocycles. The van der Waals surface area contributed by atoms with E-state index in [4.69, 9.17) is 0 Å². The average Bonchev–Trinajstić information content (AvgIpc) is 3.19. The third-order valence-electron chi connectivity index (χ3n) is 4.21. The topological polar surface area (TPSA) is 71.5 Å². The van der Waals surface area contributed by atoms with E-state index in [9.17, 15) is 4.79 Å². The number of Topliss-reactive ketones (excluding diaryl/α,β-unsaturated/α-hetero) is 1. The number of nitrogens with one attached hydrogen (secondary N) is 1. The molecule has 0 bridgehead atoms. The Morgan fingerprint density at radius 3 is 2.72 bits per heavy atom. The second-order valence-corrected chi connectivity index (χ2v) is 6.95. The van der Waals surface area contributed by atoms with Crippen molar-refractivity contribution in [1.82, 2.24) is 20.2 Å². The predicted molar refractivity (Wildman–Crippen MR) is 98.9 cm³/mol. The fourth-order valence-corrected chi connectivity index (χ4v) is 3.59. The molecule has 5 nitrogen and oxygen atoms in total. The molecule has 0 fully saturated rings. The molecule has 0 unspecified atom stereocenters. The number of ketones is 1. The van der Waals surface area contributed by atoms with E-state index in [-0.39, 0.29) is 12.2 Å². The lowest BCUT2D eigenvalue weighted by molar-refractivity contribution is 0.0987. The minimum atomic E-state index is -0.0125. The quantitative estimate of drug-likeness (QED) is 0.563. The number of pyridine rings is 1. The van der Waals surface area contributed by atoms with Crippen molar-refractivity contribution in [2.75, 3.05) is 0 Å². The fraction of sp³-hybridized carbons (Fsp3) is 0.158. The molecule has 3 heterocycles. The minimum Gasteiger partial charge on any atom is -0.292 e. The number of rotatable bonds is 4. The normalized spacial score (nSPS) is 11.1. The van der Waals surface area contributed by atoms with Gasteiger partial charge in [0.05, 0.1) is 0 Å². The number of aromatic nitrogens is 4. The molecule has 0 aliphatic heterocycles. The van der Waals surface area contributed by atoms with Crippen LogP contribution in [0.2, 0.25) is 0 Å². The number of thiazole rings is 1. The second kappa shape index (κ2) is 6.22. The Kier molecular flexibility index (Phi) is 3.89. The molecule has 0 saturated heterocycles. The Hall–Kier alpha value is -2.86. The maximum absolute atomic E-state index is 12.5. The van der Waals surface area contributed by atoms with Crippen LogP contribution in [0.1, 0.15) is 27.3 Å². The molecule has 0 spiro atoms. The van der Waals surface area contributed by atoms with Crippen molar-refractivity contribution in [2.24, 2.45) is 0 Å². The number of benzene rings is 1. The Balaban J connectivity index is 1.63. The van der Waals surface area contributed by atoms with E-state index in [1.807, 2.05) is 50.2 Å². The van der Waals surface area contributed by atoms with Crippen molar-refractivity contribution in [3.63, 3.8) is 0 Å². The van der Waals surface area contributed by atoms with Gasteiger partial charge in [-0.1, -0.05) is 41.7 Å². The van der Waals surface area contributed by atoms with Gasteiger partial charge in [-0.15, -0.1) is 0 Å². The van der Waals surface area contributed by atoms with Gasteiger partial charge in [0, 0.05) is 29.4 Å². The van der Waals surface area contributed by atoms with Gasteiger partial charge in [0.2, 0.25) is 0 Å². The number of H-pyrrole nitrogens is 1. The summed E-state index contributed by atoms with van der Waals surface area (Å²) >= 11 is 1.56. The average molecular weight is 348 g/mol. The van der Waals surface area contributed by atoms with E-state index in [1.165, 1.54) is 0 Å². The SMILES string of the molecule is Cc1[nH]nc(C(=O)Cc2cnc3sc(-c4ccccc4)nc3c2)c1C. The van der Waals surface area contributed by atoms with Gasteiger partial charge in [0.25, 0.3) is 0 Å². The van der Waals surface area contributed by atoms with Crippen molar-refractivity contribution >= 4 is 27.5 Å². The third kappa shape index (κ3) is 2.96. The molecule has 0 aliphatic carbocycles. The van der Waals surface area contributed by atoms with Crippen molar-refractivity contribution in [2.45, 2.75) is 20.3 Å². The van der Waals surface area contributed by atoms with Gasteiger partial charge in [-0.25, -0.2) is 9.97 Å². The lowest BCUT2D eigenvalue weighted by Crippen LogP contribution is -2.06. The van der Waals surface area contributed by atoms with E-state index < -0.39 is 0 Å². The van der Waals surface area contributed by atoms with Crippen LogP contribution in [0.5, 0.6) is 0 Å². The molecule has 0 radical (unpaired) electrons. The molecular weight excluding hydrogens is 332 g/mol. The van der Waals surface area contributed by atoms with Crippen LogP contribution < -0.4 is 0 Å². The predicted octanol–water partition coefficient (Wildman–Crippen LogP) is 4.12. The molecule has 4 aromatic rings. The lowest BCUT2D eigenvalue weighted by atomic mass is 10.1. The van der Waals surface area contributed by atoms with Crippen LogP contribution >= 0.6 is 11.3 Å². The Morgan fingerprint density at radius 1 is 1.20 bits per heavy atom. The van der Waals surface area contributed by atoms with E-state index in [0.717, 1.165) is 37.7 Å². The van der Waals surface area contributed by atoms with Crippen LogP contribution in [0.15, 0.2) is 42.6 Å². The minimum absolute atomic E-state index is 0.0125. The highest BCUT2D eigenvalue weighted by molar-refractivity contribution is 7.21. The summed E-state index contributed by atoms with van der Waals surface area (Å²) in [5.74, 6) is -0.0125. The summed E-state index contributed by atoms with van der Waals surface area (Å²) in [7, 11) is 0. The largest absolute Gasteiger partial charge is 0.292 e. The fourth-order valence-electron chi connectivity index (χ4n) is 2.69. The molecule has 4 rings (SSSR count). The smallest absolute Gasteiger partial charge is 0.187 e. The number of carbonyl (C=O) groups is 1. The number of fused-ring (bicyclic) bond motifs is 1. The highest BCUT2D eigenvalue weighted by Crippen LogP contribution is 2.29. The van der Waals surface area contributed by atoms with E-state index in [1.54, 1.807) is 17.5 Å². The Bertz CT molecular complexity index is 1070. The summed E-state index contributed by atoms with van der Waals surface area (Å²) in [5, 5.41) is 7.90. The Morgan fingerprint density at radius 2 is 2.00 bits per heavy atom. The molecule has 0 saturated carbocycles. The second-order valence-electron chi connectivity index (χ2n) is 5.98. The molecule has 6 heteroatoms. The maximum Gasteiger partial charge on any atom is 0.187 e. The first-order chi connectivity index (χ1) is 12.1. The third-order valence-corrected chi connectivity index (χ3v) is 5.24. The van der Waals surface area contributed by atoms with Crippen LogP contribution in [-0.2, 0) is 6.42 Å². The molecule has 3 aromatic heterocycles. The molecule has 124 valence electrons. The summed E-state index contributed by atoms with van der Waals surface area (Å²) in [4.78, 5) is 22.5. The highest BCUT2D eigenvalue weighted by Gasteiger charge is 2.16. The van der Waals surface area contributed by atoms with Crippen LogP contribution in [0.3, 0.4) is 0 Å².